The third-order valence-corrected chi connectivity index (χ3v) is 5.73. The van der Waals surface area contributed by atoms with E-state index < -0.39 is 0 Å². The van der Waals surface area contributed by atoms with Gasteiger partial charge in [0.2, 0.25) is 0 Å². The molecule has 5 rings (SSSR count). The molecule has 2 nitrogen and oxygen atoms in total. The number of rotatable bonds is 2. The molecule has 0 spiro atoms. The van der Waals surface area contributed by atoms with Crippen molar-refractivity contribution in [1.82, 2.24) is 0 Å². The Balaban J connectivity index is 1.65. The second kappa shape index (κ2) is 5.66. The molecule has 0 saturated carbocycles. The van der Waals surface area contributed by atoms with Crippen molar-refractivity contribution in [3.63, 3.8) is 0 Å². The highest BCUT2D eigenvalue weighted by Crippen LogP contribution is 2.51. The van der Waals surface area contributed by atoms with Crippen molar-refractivity contribution in [2.75, 3.05) is 12.4 Å². The average Bonchev–Trinajstić information content (AvgIpc) is 3.17. The van der Waals surface area contributed by atoms with Crippen LogP contribution in [0.5, 0.6) is 5.75 Å². The summed E-state index contributed by atoms with van der Waals surface area (Å²) in [5.74, 6) is 1.93. The molecule has 1 aliphatic heterocycles. The zero-order valence-corrected chi connectivity index (χ0v) is 14.3. The molecule has 1 N–H and O–H groups in total. The number of nitrogens with one attached hydrogen (secondary N) is 1. The SMILES string of the molecule is COc1ccc2c(c1)C1C=CCC1C(c1cccc3ccccc13)N2. The number of methoxy groups -OCH3 is 1. The molecule has 3 aromatic rings. The van der Waals surface area contributed by atoms with Gasteiger partial charge in [0.15, 0.2) is 0 Å². The fourth-order valence-electron chi connectivity index (χ4n) is 4.53. The molecule has 124 valence electrons. The molecule has 2 aliphatic rings. The summed E-state index contributed by atoms with van der Waals surface area (Å²) in [5.41, 5.74) is 3.99. The molecule has 2 heteroatoms. The maximum absolute atomic E-state index is 5.45. The fraction of sp³-hybridized carbons (Fsp3) is 0.217. The number of hydrogen-bond donors (Lipinski definition) is 1. The molecule has 1 aliphatic carbocycles. The van der Waals surface area contributed by atoms with Crippen molar-refractivity contribution in [2.24, 2.45) is 5.92 Å². The van der Waals surface area contributed by atoms with Gasteiger partial charge in [-0.05, 0) is 52.4 Å². The standard InChI is InChI=1S/C23H21NO/c1-25-16-12-13-22-21(14-16)18-9-5-11-20(18)23(24-22)19-10-4-7-15-6-2-3-8-17(15)19/h2-10,12-14,18,20,23-24H,11H2,1H3. The molecule has 0 fully saturated rings. The summed E-state index contributed by atoms with van der Waals surface area (Å²) < 4.78 is 5.45. The van der Waals surface area contributed by atoms with Gasteiger partial charge < -0.3 is 10.1 Å². The van der Waals surface area contributed by atoms with E-state index in [1.807, 2.05) is 6.07 Å². The number of fused-ring (bicyclic) bond motifs is 4. The van der Waals surface area contributed by atoms with E-state index in [9.17, 15) is 0 Å². The Bertz CT molecular complexity index is 969. The summed E-state index contributed by atoms with van der Waals surface area (Å²) in [6.45, 7) is 0. The summed E-state index contributed by atoms with van der Waals surface area (Å²) in [6, 6.07) is 22.1. The lowest BCUT2D eigenvalue weighted by Gasteiger charge is -2.38. The van der Waals surface area contributed by atoms with Crippen LogP contribution in [-0.2, 0) is 0 Å². The first kappa shape index (κ1) is 14.6. The van der Waals surface area contributed by atoms with Crippen LogP contribution in [0, 0.1) is 5.92 Å². The normalized spacial score (nSPS) is 23.8. The highest BCUT2D eigenvalue weighted by Gasteiger charge is 2.38. The van der Waals surface area contributed by atoms with Gasteiger partial charge in [-0.2, -0.15) is 0 Å². The van der Waals surface area contributed by atoms with Gasteiger partial charge in [-0.25, -0.2) is 0 Å². The van der Waals surface area contributed by atoms with Gasteiger partial charge in [-0.15, -0.1) is 0 Å². The van der Waals surface area contributed by atoms with E-state index in [0.29, 0.717) is 17.9 Å². The van der Waals surface area contributed by atoms with Gasteiger partial charge in [0, 0.05) is 11.6 Å². The summed E-state index contributed by atoms with van der Waals surface area (Å²) >= 11 is 0. The highest BCUT2D eigenvalue weighted by molar-refractivity contribution is 5.86. The highest BCUT2D eigenvalue weighted by atomic mass is 16.5. The molecule has 3 unspecified atom stereocenters. The Labute approximate surface area is 148 Å². The molecule has 0 saturated heterocycles. The maximum atomic E-state index is 5.45. The lowest BCUT2D eigenvalue weighted by Crippen LogP contribution is -2.29. The van der Waals surface area contributed by atoms with Crippen molar-refractivity contribution in [2.45, 2.75) is 18.4 Å². The lowest BCUT2D eigenvalue weighted by molar-refractivity contribution is 0.406. The minimum Gasteiger partial charge on any atom is -0.497 e. The number of anilines is 1. The van der Waals surface area contributed by atoms with Crippen molar-refractivity contribution < 1.29 is 4.74 Å². The second-order valence-electron chi connectivity index (χ2n) is 7.00. The molecular formula is C23H21NO. The van der Waals surface area contributed by atoms with E-state index in [2.05, 4.69) is 72.1 Å². The topological polar surface area (TPSA) is 21.3 Å². The molecular weight excluding hydrogens is 306 g/mol. The van der Waals surface area contributed by atoms with E-state index in [1.165, 1.54) is 27.6 Å². The van der Waals surface area contributed by atoms with E-state index in [1.54, 1.807) is 7.11 Å². The van der Waals surface area contributed by atoms with Crippen molar-refractivity contribution in [3.8, 4) is 5.75 Å². The van der Waals surface area contributed by atoms with Crippen LogP contribution in [0.4, 0.5) is 5.69 Å². The Morgan fingerprint density at radius 1 is 0.960 bits per heavy atom. The first-order valence-corrected chi connectivity index (χ1v) is 8.94. The molecule has 1 heterocycles. The molecule has 3 aromatic carbocycles. The van der Waals surface area contributed by atoms with Crippen molar-refractivity contribution >= 4 is 16.5 Å². The zero-order chi connectivity index (χ0) is 16.8. The van der Waals surface area contributed by atoms with Gasteiger partial charge in [0.05, 0.1) is 13.2 Å². The van der Waals surface area contributed by atoms with E-state index in [0.717, 1.165) is 12.2 Å². The monoisotopic (exact) mass is 327 g/mol. The Hall–Kier alpha value is -2.74. The molecule has 0 aromatic heterocycles. The maximum Gasteiger partial charge on any atom is 0.119 e. The molecule has 3 atom stereocenters. The second-order valence-corrected chi connectivity index (χ2v) is 7.00. The predicted molar refractivity (Wildman–Crippen MR) is 103 cm³/mol. The van der Waals surface area contributed by atoms with Crippen molar-refractivity contribution in [1.29, 1.82) is 0 Å². The fourth-order valence-corrected chi connectivity index (χ4v) is 4.53. The smallest absolute Gasteiger partial charge is 0.119 e. The van der Waals surface area contributed by atoms with Crippen LogP contribution in [0.25, 0.3) is 10.8 Å². The number of hydrogen-bond acceptors (Lipinski definition) is 2. The summed E-state index contributed by atoms with van der Waals surface area (Å²) in [7, 11) is 1.73. The van der Waals surface area contributed by atoms with Gasteiger partial charge in [-0.1, -0.05) is 54.6 Å². The number of benzene rings is 3. The Morgan fingerprint density at radius 2 is 1.84 bits per heavy atom. The van der Waals surface area contributed by atoms with Crippen LogP contribution in [0.15, 0.2) is 72.8 Å². The Kier molecular flexibility index (Phi) is 3.30. The van der Waals surface area contributed by atoms with Gasteiger partial charge in [0.25, 0.3) is 0 Å². The number of allylic oxidation sites excluding steroid dienone is 2. The van der Waals surface area contributed by atoms with Crippen molar-refractivity contribution in [3.05, 3.63) is 83.9 Å². The average molecular weight is 327 g/mol. The van der Waals surface area contributed by atoms with E-state index >= 15 is 0 Å². The molecule has 0 amide bonds. The van der Waals surface area contributed by atoms with Crippen LogP contribution in [0.3, 0.4) is 0 Å². The minimum atomic E-state index is 0.326. The summed E-state index contributed by atoms with van der Waals surface area (Å²) in [4.78, 5) is 0. The largest absolute Gasteiger partial charge is 0.497 e. The van der Waals surface area contributed by atoms with Crippen LogP contribution < -0.4 is 10.1 Å². The van der Waals surface area contributed by atoms with Crippen LogP contribution >= 0.6 is 0 Å². The first-order chi connectivity index (χ1) is 12.3. The van der Waals surface area contributed by atoms with Gasteiger partial charge in [0.1, 0.15) is 5.75 Å². The van der Waals surface area contributed by atoms with Crippen LogP contribution in [0.1, 0.15) is 29.5 Å². The Morgan fingerprint density at radius 3 is 2.76 bits per heavy atom. The molecule has 25 heavy (non-hydrogen) atoms. The molecule has 0 bridgehead atoms. The minimum absolute atomic E-state index is 0.326. The molecule has 0 radical (unpaired) electrons. The quantitative estimate of drug-likeness (QED) is 0.612. The third-order valence-electron chi connectivity index (χ3n) is 5.73. The van der Waals surface area contributed by atoms with Gasteiger partial charge >= 0.3 is 0 Å². The first-order valence-electron chi connectivity index (χ1n) is 8.94. The van der Waals surface area contributed by atoms with E-state index in [4.69, 9.17) is 4.74 Å². The lowest BCUT2D eigenvalue weighted by atomic mass is 9.76. The van der Waals surface area contributed by atoms with Crippen LogP contribution in [0.2, 0.25) is 0 Å². The van der Waals surface area contributed by atoms with Crippen LogP contribution in [-0.4, -0.2) is 7.11 Å². The number of ether oxygens (including phenoxy) is 1. The predicted octanol–water partition coefficient (Wildman–Crippen LogP) is 5.67. The zero-order valence-electron chi connectivity index (χ0n) is 14.3. The van der Waals surface area contributed by atoms with E-state index in [-0.39, 0.29) is 0 Å². The van der Waals surface area contributed by atoms with Gasteiger partial charge in [-0.3, -0.25) is 0 Å². The summed E-state index contributed by atoms with van der Waals surface area (Å²) in [6.07, 6.45) is 5.83. The summed E-state index contributed by atoms with van der Waals surface area (Å²) in [5, 5.41) is 6.49. The third kappa shape index (κ3) is 2.25.